The van der Waals surface area contributed by atoms with Crippen molar-refractivity contribution >= 4 is 22.5 Å². The van der Waals surface area contributed by atoms with E-state index in [2.05, 4.69) is 9.97 Å². The fourth-order valence-corrected chi connectivity index (χ4v) is 2.88. The number of H-pyrrole nitrogens is 1. The third kappa shape index (κ3) is 2.56. The molecule has 3 aromatic rings. The van der Waals surface area contributed by atoms with Crippen molar-refractivity contribution in [3.63, 3.8) is 0 Å². The lowest BCUT2D eigenvalue weighted by Gasteiger charge is -2.11. The summed E-state index contributed by atoms with van der Waals surface area (Å²) in [6.45, 7) is 0. The molecule has 0 fully saturated rings. The van der Waals surface area contributed by atoms with E-state index < -0.39 is 5.56 Å². The molecule has 0 aliphatic heterocycles. The van der Waals surface area contributed by atoms with Crippen molar-refractivity contribution in [2.45, 2.75) is 5.16 Å². The molecule has 23 heavy (non-hydrogen) atoms. The first-order chi connectivity index (χ1) is 11.2. The maximum absolute atomic E-state index is 12.1. The van der Waals surface area contributed by atoms with Crippen LogP contribution in [0.15, 0.2) is 46.3 Å². The predicted octanol–water partition coefficient (Wildman–Crippen LogP) is 3.19. The number of hydrogen-bond donors (Lipinski definition) is 1. The van der Waals surface area contributed by atoms with E-state index in [0.717, 1.165) is 22.1 Å². The predicted molar refractivity (Wildman–Crippen MR) is 90.8 cm³/mol. The Kier molecular flexibility index (Phi) is 4.04. The van der Waals surface area contributed by atoms with E-state index in [0.29, 0.717) is 10.9 Å². The molecule has 0 saturated carbocycles. The second-order valence-electron chi connectivity index (χ2n) is 4.77. The first kappa shape index (κ1) is 15.1. The van der Waals surface area contributed by atoms with Gasteiger partial charge in [-0.15, -0.1) is 0 Å². The van der Waals surface area contributed by atoms with Gasteiger partial charge in [-0.05, 0) is 23.8 Å². The molecule has 0 unspecified atom stereocenters. The molecule has 0 bridgehead atoms. The first-order valence-corrected chi connectivity index (χ1v) is 8.06. The standard InChI is InChI=1S/C17H13N3O2S/c1-22-14-8-7-12(10-5-3-4-6-11(10)14)15-13(9-18)16(21)20-17(19-15)23-2/h3-8H,1-2H3,(H,19,20,21). The Hall–Kier alpha value is -2.78. The van der Waals surface area contributed by atoms with Gasteiger partial charge >= 0.3 is 0 Å². The van der Waals surface area contributed by atoms with Gasteiger partial charge < -0.3 is 9.72 Å². The minimum absolute atomic E-state index is 0.0121. The van der Waals surface area contributed by atoms with Crippen molar-refractivity contribution in [3.05, 3.63) is 52.3 Å². The molecule has 6 heteroatoms. The lowest BCUT2D eigenvalue weighted by atomic mass is 9.99. The Balaban J connectivity index is 2.41. The van der Waals surface area contributed by atoms with E-state index in [-0.39, 0.29) is 5.56 Å². The lowest BCUT2D eigenvalue weighted by molar-refractivity contribution is 0.420. The Bertz CT molecular complexity index is 989. The third-order valence-electron chi connectivity index (χ3n) is 3.56. The molecule has 114 valence electrons. The van der Waals surface area contributed by atoms with Crippen LogP contribution in [0.4, 0.5) is 0 Å². The molecular weight excluding hydrogens is 310 g/mol. The lowest BCUT2D eigenvalue weighted by Crippen LogP contribution is -2.14. The Morgan fingerprint density at radius 3 is 2.61 bits per heavy atom. The molecule has 5 nitrogen and oxygen atoms in total. The van der Waals surface area contributed by atoms with E-state index in [1.54, 1.807) is 7.11 Å². The number of hydrogen-bond acceptors (Lipinski definition) is 5. The molecule has 0 radical (unpaired) electrons. The van der Waals surface area contributed by atoms with E-state index in [4.69, 9.17) is 4.74 Å². The van der Waals surface area contributed by atoms with Crippen LogP contribution in [0, 0.1) is 11.3 Å². The summed E-state index contributed by atoms with van der Waals surface area (Å²) in [6.07, 6.45) is 1.82. The summed E-state index contributed by atoms with van der Waals surface area (Å²) in [5.74, 6) is 0.734. The number of ether oxygens (including phenoxy) is 1. The summed E-state index contributed by atoms with van der Waals surface area (Å²) in [5.41, 5.74) is 0.707. The van der Waals surface area contributed by atoms with E-state index >= 15 is 0 Å². The highest BCUT2D eigenvalue weighted by atomic mass is 32.2. The van der Waals surface area contributed by atoms with Crippen molar-refractivity contribution < 1.29 is 4.74 Å². The third-order valence-corrected chi connectivity index (χ3v) is 4.14. The van der Waals surface area contributed by atoms with Crippen LogP contribution in [0.2, 0.25) is 0 Å². The second kappa shape index (κ2) is 6.15. The molecule has 0 aliphatic rings. The molecule has 3 rings (SSSR count). The molecule has 0 atom stereocenters. The van der Waals surface area contributed by atoms with E-state index in [9.17, 15) is 10.1 Å². The van der Waals surface area contributed by atoms with Gasteiger partial charge in [0.15, 0.2) is 5.16 Å². The van der Waals surface area contributed by atoms with Crippen LogP contribution in [0.3, 0.4) is 0 Å². The average molecular weight is 323 g/mol. The number of thioether (sulfide) groups is 1. The maximum atomic E-state index is 12.1. The second-order valence-corrected chi connectivity index (χ2v) is 5.57. The van der Waals surface area contributed by atoms with Crippen LogP contribution in [-0.4, -0.2) is 23.3 Å². The van der Waals surface area contributed by atoms with Crippen LogP contribution in [-0.2, 0) is 0 Å². The van der Waals surface area contributed by atoms with Crippen LogP contribution < -0.4 is 10.3 Å². The average Bonchev–Trinajstić information content (AvgIpc) is 2.60. The summed E-state index contributed by atoms with van der Waals surface area (Å²) in [6, 6.07) is 13.3. The molecule has 2 aromatic carbocycles. The van der Waals surface area contributed by atoms with Crippen molar-refractivity contribution in [1.29, 1.82) is 5.26 Å². The molecule has 0 spiro atoms. The van der Waals surface area contributed by atoms with Crippen molar-refractivity contribution in [3.8, 4) is 23.1 Å². The van der Waals surface area contributed by atoms with E-state index in [1.807, 2.05) is 48.7 Å². The smallest absolute Gasteiger partial charge is 0.270 e. The Labute approximate surface area is 136 Å². The number of benzene rings is 2. The topological polar surface area (TPSA) is 78.8 Å². The maximum Gasteiger partial charge on any atom is 0.270 e. The molecule has 1 N–H and O–H groups in total. The molecule has 1 aromatic heterocycles. The van der Waals surface area contributed by atoms with Gasteiger partial charge in [0, 0.05) is 10.9 Å². The van der Waals surface area contributed by atoms with Crippen LogP contribution >= 0.6 is 11.8 Å². The monoisotopic (exact) mass is 323 g/mol. The number of nitriles is 1. The van der Waals surface area contributed by atoms with Gasteiger partial charge in [-0.1, -0.05) is 36.0 Å². The normalized spacial score (nSPS) is 10.5. The summed E-state index contributed by atoms with van der Waals surface area (Å²) < 4.78 is 5.39. The molecule has 0 saturated heterocycles. The van der Waals surface area contributed by atoms with Gasteiger partial charge in [-0.25, -0.2) is 4.98 Å². The number of fused-ring (bicyclic) bond motifs is 1. The SMILES string of the molecule is COc1ccc(-c2nc(SC)[nH]c(=O)c2C#N)c2ccccc12. The van der Waals surface area contributed by atoms with Crippen LogP contribution in [0.1, 0.15) is 5.56 Å². The number of aromatic amines is 1. The zero-order chi connectivity index (χ0) is 16.4. The van der Waals surface area contributed by atoms with Gasteiger partial charge in [0.2, 0.25) is 0 Å². The largest absolute Gasteiger partial charge is 0.496 e. The van der Waals surface area contributed by atoms with Crippen LogP contribution in [0.5, 0.6) is 5.75 Å². The highest BCUT2D eigenvalue weighted by Gasteiger charge is 2.16. The van der Waals surface area contributed by atoms with E-state index in [1.165, 1.54) is 11.8 Å². The van der Waals surface area contributed by atoms with Crippen molar-refractivity contribution in [2.75, 3.05) is 13.4 Å². The fraction of sp³-hybridized carbons (Fsp3) is 0.118. The fourth-order valence-electron chi connectivity index (χ4n) is 2.50. The minimum atomic E-state index is -0.429. The number of nitrogens with zero attached hydrogens (tertiary/aromatic N) is 2. The summed E-state index contributed by atoms with van der Waals surface area (Å²) in [7, 11) is 1.61. The Morgan fingerprint density at radius 2 is 1.96 bits per heavy atom. The van der Waals surface area contributed by atoms with Gasteiger partial charge in [0.25, 0.3) is 5.56 Å². The summed E-state index contributed by atoms with van der Waals surface area (Å²) >= 11 is 1.32. The minimum Gasteiger partial charge on any atom is -0.496 e. The molecule has 0 aliphatic carbocycles. The highest BCUT2D eigenvalue weighted by Crippen LogP contribution is 2.34. The summed E-state index contributed by atoms with van der Waals surface area (Å²) in [4.78, 5) is 19.2. The quantitative estimate of drug-likeness (QED) is 0.591. The molecule has 1 heterocycles. The molecular formula is C17H13N3O2S. The van der Waals surface area contributed by atoms with Crippen molar-refractivity contribution in [1.82, 2.24) is 9.97 Å². The van der Waals surface area contributed by atoms with Crippen LogP contribution in [0.25, 0.3) is 22.0 Å². The number of methoxy groups -OCH3 is 1. The summed E-state index contributed by atoms with van der Waals surface area (Å²) in [5, 5.41) is 11.6. The molecule has 0 amide bonds. The highest BCUT2D eigenvalue weighted by molar-refractivity contribution is 7.98. The zero-order valence-corrected chi connectivity index (χ0v) is 13.4. The van der Waals surface area contributed by atoms with Crippen molar-refractivity contribution in [2.24, 2.45) is 0 Å². The van der Waals surface area contributed by atoms with Gasteiger partial charge in [0.1, 0.15) is 17.4 Å². The first-order valence-electron chi connectivity index (χ1n) is 6.84. The Morgan fingerprint density at radius 1 is 1.22 bits per heavy atom. The zero-order valence-electron chi connectivity index (χ0n) is 12.6. The van der Waals surface area contributed by atoms with Gasteiger partial charge in [0.05, 0.1) is 12.8 Å². The number of rotatable bonds is 3. The number of aromatic nitrogens is 2. The number of nitrogens with one attached hydrogen (secondary N) is 1. The van der Waals surface area contributed by atoms with Gasteiger partial charge in [-0.2, -0.15) is 5.26 Å². The van der Waals surface area contributed by atoms with Gasteiger partial charge in [-0.3, -0.25) is 4.79 Å².